The average Bonchev–Trinajstić information content (AvgIpc) is 2.86. The van der Waals surface area contributed by atoms with Crippen molar-refractivity contribution in [3.63, 3.8) is 0 Å². The smallest absolute Gasteiger partial charge is 0.326 e. The van der Waals surface area contributed by atoms with E-state index in [1.54, 1.807) is 6.07 Å². The van der Waals surface area contributed by atoms with Gasteiger partial charge < -0.3 is 15.0 Å². The summed E-state index contributed by atoms with van der Waals surface area (Å²) in [5.41, 5.74) is 0.586. The van der Waals surface area contributed by atoms with Crippen molar-refractivity contribution in [3.05, 3.63) is 33.7 Å². The molecule has 0 aromatic carbocycles. The maximum atomic E-state index is 12.4. The zero-order chi connectivity index (χ0) is 14.9. The van der Waals surface area contributed by atoms with Gasteiger partial charge in [-0.2, -0.15) is 0 Å². The first-order valence-corrected chi connectivity index (χ1v) is 6.68. The van der Waals surface area contributed by atoms with E-state index in [0.717, 1.165) is 0 Å². The summed E-state index contributed by atoms with van der Waals surface area (Å²) >= 11 is 0. The van der Waals surface area contributed by atoms with Crippen molar-refractivity contribution < 1.29 is 14.7 Å². The molecule has 2 heterocycles. The van der Waals surface area contributed by atoms with Crippen LogP contribution in [0.15, 0.2) is 16.9 Å². The van der Waals surface area contributed by atoms with Crippen LogP contribution in [0.2, 0.25) is 0 Å². The van der Waals surface area contributed by atoms with E-state index >= 15 is 0 Å². The molecule has 0 spiro atoms. The van der Waals surface area contributed by atoms with Gasteiger partial charge in [0.1, 0.15) is 6.04 Å². The van der Waals surface area contributed by atoms with Gasteiger partial charge in [0.25, 0.3) is 5.91 Å². The minimum absolute atomic E-state index is 0.0873. The first-order valence-electron chi connectivity index (χ1n) is 6.68. The first-order chi connectivity index (χ1) is 9.40. The van der Waals surface area contributed by atoms with Gasteiger partial charge in [0.05, 0.1) is 0 Å². The third-order valence-corrected chi connectivity index (χ3v) is 3.53. The van der Waals surface area contributed by atoms with Gasteiger partial charge in [-0.1, -0.05) is 13.8 Å². The van der Waals surface area contributed by atoms with Crippen LogP contribution >= 0.6 is 0 Å². The van der Waals surface area contributed by atoms with Crippen LogP contribution in [0.5, 0.6) is 0 Å². The van der Waals surface area contributed by atoms with Crippen LogP contribution < -0.4 is 5.56 Å². The van der Waals surface area contributed by atoms with E-state index in [1.165, 1.54) is 11.0 Å². The van der Waals surface area contributed by atoms with Crippen molar-refractivity contribution in [3.8, 4) is 0 Å². The molecule has 2 N–H and O–H groups in total. The van der Waals surface area contributed by atoms with E-state index in [0.29, 0.717) is 25.1 Å². The van der Waals surface area contributed by atoms with Gasteiger partial charge in [0.15, 0.2) is 0 Å². The number of carboxylic acid groups (broad SMARTS) is 1. The van der Waals surface area contributed by atoms with Crippen LogP contribution in [0.4, 0.5) is 0 Å². The van der Waals surface area contributed by atoms with E-state index in [-0.39, 0.29) is 22.9 Å². The Balaban J connectivity index is 2.34. The average molecular weight is 278 g/mol. The van der Waals surface area contributed by atoms with Crippen LogP contribution in [0.1, 0.15) is 48.7 Å². The molecule has 0 saturated carbocycles. The number of likely N-dealkylation sites (tertiary alicyclic amines) is 1. The van der Waals surface area contributed by atoms with E-state index in [1.807, 2.05) is 13.8 Å². The maximum absolute atomic E-state index is 12.4. The normalized spacial score (nSPS) is 18.6. The summed E-state index contributed by atoms with van der Waals surface area (Å²) in [5.74, 6) is -1.29. The molecule has 0 radical (unpaired) electrons. The third kappa shape index (κ3) is 2.74. The van der Waals surface area contributed by atoms with E-state index in [4.69, 9.17) is 5.11 Å². The molecule has 1 amide bonds. The molecule has 1 fully saturated rings. The standard InChI is InChI=1S/C14H18N2O4/c1-8(2)10-6-9(7-12(17)15-10)13(18)16-5-3-4-11(16)14(19)20/h6-8,11H,3-5H2,1-2H3,(H,15,17)(H,19,20)/t11-/m1/s1. The Morgan fingerprint density at radius 2 is 2.10 bits per heavy atom. The second kappa shape index (κ2) is 5.48. The molecule has 1 aliphatic rings. The number of pyridine rings is 1. The Kier molecular flexibility index (Phi) is 3.92. The second-order valence-electron chi connectivity index (χ2n) is 5.34. The Morgan fingerprint density at radius 1 is 1.40 bits per heavy atom. The highest BCUT2D eigenvalue weighted by molar-refractivity contribution is 5.97. The summed E-state index contributed by atoms with van der Waals surface area (Å²) in [6.07, 6.45) is 1.13. The fourth-order valence-electron chi connectivity index (χ4n) is 2.43. The molecule has 0 bridgehead atoms. The highest BCUT2D eigenvalue weighted by atomic mass is 16.4. The molecule has 1 saturated heterocycles. The van der Waals surface area contributed by atoms with Gasteiger partial charge in [-0.3, -0.25) is 9.59 Å². The number of nitrogens with one attached hydrogen (secondary N) is 1. The largest absolute Gasteiger partial charge is 0.480 e. The zero-order valence-corrected chi connectivity index (χ0v) is 11.5. The molecule has 108 valence electrons. The van der Waals surface area contributed by atoms with Crippen LogP contribution in [0.3, 0.4) is 0 Å². The number of aliphatic carboxylic acids is 1. The topological polar surface area (TPSA) is 90.5 Å². The molecule has 1 aliphatic heterocycles. The Morgan fingerprint density at radius 3 is 2.70 bits per heavy atom. The number of aromatic nitrogens is 1. The van der Waals surface area contributed by atoms with E-state index in [9.17, 15) is 14.4 Å². The quantitative estimate of drug-likeness (QED) is 0.868. The summed E-state index contributed by atoms with van der Waals surface area (Å²) in [6, 6.07) is 2.07. The molecule has 6 nitrogen and oxygen atoms in total. The van der Waals surface area contributed by atoms with Crippen LogP contribution in [0.25, 0.3) is 0 Å². The van der Waals surface area contributed by atoms with Crippen molar-refractivity contribution >= 4 is 11.9 Å². The van der Waals surface area contributed by atoms with Crippen molar-refractivity contribution in [2.45, 2.75) is 38.6 Å². The number of hydrogen-bond donors (Lipinski definition) is 2. The van der Waals surface area contributed by atoms with Crippen LogP contribution in [-0.2, 0) is 4.79 Å². The predicted octanol–water partition coefficient (Wildman–Crippen LogP) is 1.19. The molecule has 0 unspecified atom stereocenters. The Labute approximate surface area is 116 Å². The first kappa shape index (κ1) is 14.3. The molecule has 1 aromatic heterocycles. The number of carbonyl (C=O) groups is 2. The van der Waals surface area contributed by atoms with Crippen molar-refractivity contribution in [2.75, 3.05) is 6.54 Å². The fraction of sp³-hybridized carbons (Fsp3) is 0.500. The summed E-state index contributed by atoms with van der Waals surface area (Å²) in [5, 5.41) is 9.12. The van der Waals surface area contributed by atoms with Crippen LogP contribution in [0, 0.1) is 0 Å². The number of H-pyrrole nitrogens is 1. The van der Waals surface area contributed by atoms with Gasteiger partial charge >= 0.3 is 5.97 Å². The summed E-state index contributed by atoms with van der Waals surface area (Å²) < 4.78 is 0. The van der Waals surface area contributed by atoms with Crippen molar-refractivity contribution in [1.29, 1.82) is 0 Å². The van der Waals surface area contributed by atoms with E-state index < -0.39 is 12.0 Å². The van der Waals surface area contributed by atoms with Crippen molar-refractivity contribution in [2.24, 2.45) is 0 Å². The van der Waals surface area contributed by atoms with Gasteiger partial charge in [0, 0.05) is 23.9 Å². The maximum Gasteiger partial charge on any atom is 0.326 e. The summed E-state index contributed by atoms with van der Waals surface area (Å²) in [4.78, 5) is 39.2. The van der Waals surface area contributed by atoms with Crippen molar-refractivity contribution in [1.82, 2.24) is 9.88 Å². The summed E-state index contributed by atoms with van der Waals surface area (Å²) in [6.45, 7) is 4.24. The monoisotopic (exact) mass is 278 g/mol. The number of amides is 1. The third-order valence-electron chi connectivity index (χ3n) is 3.53. The molecular weight excluding hydrogens is 260 g/mol. The molecule has 20 heavy (non-hydrogen) atoms. The Hall–Kier alpha value is -2.11. The zero-order valence-electron chi connectivity index (χ0n) is 11.5. The lowest BCUT2D eigenvalue weighted by atomic mass is 10.1. The molecule has 6 heteroatoms. The number of nitrogens with zero attached hydrogens (tertiary/aromatic N) is 1. The number of aromatic amines is 1. The predicted molar refractivity (Wildman–Crippen MR) is 72.8 cm³/mol. The SMILES string of the molecule is CC(C)c1cc(C(=O)N2CCC[C@@H]2C(=O)O)cc(=O)[nH]1. The number of carbonyl (C=O) groups excluding carboxylic acids is 1. The fourth-order valence-corrected chi connectivity index (χ4v) is 2.43. The number of hydrogen-bond acceptors (Lipinski definition) is 3. The summed E-state index contributed by atoms with van der Waals surface area (Å²) in [7, 11) is 0. The highest BCUT2D eigenvalue weighted by Crippen LogP contribution is 2.21. The lowest BCUT2D eigenvalue weighted by Crippen LogP contribution is -2.40. The lowest BCUT2D eigenvalue weighted by Gasteiger charge is -2.21. The van der Waals surface area contributed by atoms with E-state index in [2.05, 4.69) is 4.98 Å². The molecule has 1 atom stereocenters. The van der Waals surface area contributed by atoms with Gasteiger partial charge in [-0.05, 0) is 24.8 Å². The second-order valence-corrected chi connectivity index (χ2v) is 5.34. The Bertz CT molecular complexity index is 591. The minimum atomic E-state index is -0.996. The lowest BCUT2D eigenvalue weighted by molar-refractivity contribution is -0.141. The number of carboxylic acids is 1. The minimum Gasteiger partial charge on any atom is -0.480 e. The van der Waals surface area contributed by atoms with Gasteiger partial charge in [0.2, 0.25) is 5.56 Å². The molecular formula is C14H18N2O4. The van der Waals surface area contributed by atoms with Gasteiger partial charge in [-0.15, -0.1) is 0 Å². The molecule has 2 rings (SSSR count). The van der Waals surface area contributed by atoms with Crippen LogP contribution in [-0.4, -0.2) is 39.5 Å². The highest BCUT2D eigenvalue weighted by Gasteiger charge is 2.34. The van der Waals surface area contributed by atoms with Gasteiger partial charge in [-0.25, -0.2) is 4.79 Å². The number of rotatable bonds is 3. The molecule has 0 aliphatic carbocycles. The molecule has 1 aromatic rings.